The van der Waals surface area contributed by atoms with E-state index in [1.807, 2.05) is 6.07 Å². The van der Waals surface area contributed by atoms with Gasteiger partial charge in [-0.2, -0.15) is 0 Å². The number of anilines is 2. The van der Waals surface area contributed by atoms with E-state index in [4.69, 9.17) is 0 Å². The highest BCUT2D eigenvalue weighted by atomic mass is 19.1. The Morgan fingerprint density at radius 1 is 1.00 bits per heavy atom. The van der Waals surface area contributed by atoms with Crippen molar-refractivity contribution in [1.82, 2.24) is 4.98 Å². The first-order chi connectivity index (χ1) is 13.1. The third-order valence-electron chi connectivity index (χ3n) is 4.50. The number of carbonyl (C=O) groups excluding carboxylic acids is 2. The number of fused-ring (bicyclic) bond motifs is 1. The number of halogens is 1. The molecule has 0 saturated carbocycles. The lowest BCUT2D eigenvalue weighted by Gasteiger charge is -2.18. The molecule has 0 unspecified atom stereocenters. The molecule has 134 valence electrons. The van der Waals surface area contributed by atoms with Crippen molar-refractivity contribution in [2.75, 3.05) is 16.8 Å². The lowest BCUT2D eigenvalue weighted by molar-refractivity contribution is 0.0988. The van der Waals surface area contributed by atoms with Crippen molar-refractivity contribution in [3.05, 3.63) is 89.5 Å². The summed E-state index contributed by atoms with van der Waals surface area (Å²) < 4.78 is 13.3. The fourth-order valence-electron chi connectivity index (χ4n) is 3.15. The van der Waals surface area contributed by atoms with Crippen molar-refractivity contribution in [1.29, 1.82) is 0 Å². The summed E-state index contributed by atoms with van der Waals surface area (Å²) in [5, 5.41) is 2.76. The quantitative estimate of drug-likeness (QED) is 0.774. The molecule has 1 aliphatic heterocycles. The zero-order valence-corrected chi connectivity index (χ0v) is 14.4. The minimum absolute atomic E-state index is 0.107. The van der Waals surface area contributed by atoms with Crippen LogP contribution >= 0.6 is 0 Å². The minimum Gasteiger partial charge on any atom is -0.322 e. The van der Waals surface area contributed by atoms with Crippen LogP contribution in [0.3, 0.4) is 0 Å². The van der Waals surface area contributed by atoms with Gasteiger partial charge in [-0.3, -0.25) is 14.6 Å². The van der Waals surface area contributed by atoms with E-state index in [1.54, 1.807) is 47.6 Å². The van der Waals surface area contributed by atoms with Crippen LogP contribution in [0, 0.1) is 5.82 Å². The van der Waals surface area contributed by atoms with Gasteiger partial charge >= 0.3 is 0 Å². The molecule has 0 atom stereocenters. The standard InChI is InChI=1S/C21H16FN3O2/c22-17-3-1-2-16(12-17)20(26)24-18-5-4-14-8-11-25(19(14)13-18)21(27)15-6-9-23-10-7-15/h1-7,9-10,12-13H,8,11H2,(H,24,26). The summed E-state index contributed by atoms with van der Waals surface area (Å²) in [5.74, 6) is -0.977. The summed E-state index contributed by atoms with van der Waals surface area (Å²) in [6.45, 7) is 0.581. The van der Waals surface area contributed by atoms with Gasteiger partial charge in [0.2, 0.25) is 0 Å². The minimum atomic E-state index is -0.467. The Balaban J connectivity index is 1.58. The monoisotopic (exact) mass is 361 g/mol. The van der Waals surface area contributed by atoms with E-state index in [1.165, 1.54) is 18.2 Å². The highest BCUT2D eigenvalue weighted by molar-refractivity contribution is 6.08. The number of pyridine rings is 1. The first kappa shape index (κ1) is 16.9. The van der Waals surface area contributed by atoms with E-state index >= 15 is 0 Å². The van der Waals surface area contributed by atoms with Crippen molar-refractivity contribution in [2.45, 2.75) is 6.42 Å². The third-order valence-corrected chi connectivity index (χ3v) is 4.50. The molecule has 1 aliphatic rings. The summed E-state index contributed by atoms with van der Waals surface area (Å²) in [7, 11) is 0. The van der Waals surface area contributed by atoms with Crippen LogP contribution in [0.5, 0.6) is 0 Å². The molecule has 0 bridgehead atoms. The fourth-order valence-corrected chi connectivity index (χ4v) is 3.15. The van der Waals surface area contributed by atoms with Crippen molar-refractivity contribution in [3.8, 4) is 0 Å². The molecule has 1 N–H and O–H groups in total. The third kappa shape index (κ3) is 3.42. The van der Waals surface area contributed by atoms with E-state index in [9.17, 15) is 14.0 Å². The molecule has 2 amide bonds. The summed E-state index contributed by atoms with van der Waals surface area (Å²) in [6, 6.07) is 14.3. The molecule has 2 heterocycles. The summed E-state index contributed by atoms with van der Waals surface area (Å²) in [5.41, 5.74) is 3.17. The normalized spacial score (nSPS) is 12.6. The summed E-state index contributed by atoms with van der Waals surface area (Å²) in [4.78, 5) is 30.7. The van der Waals surface area contributed by atoms with Crippen LogP contribution in [-0.2, 0) is 6.42 Å². The molecular formula is C21H16FN3O2. The van der Waals surface area contributed by atoms with Gasteiger partial charge in [0, 0.05) is 41.4 Å². The van der Waals surface area contributed by atoms with E-state index in [-0.39, 0.29) is 11.5 Å². The largest absolute Gasteiger partial charge is 0.322 e. The SMILES string of the molecule is O=C(Nc1ccc2c(c1)N(C(=O)c1ccncc1)CC2)c1cccc(F)c1. The van der Waals surface area contributed by atoms with Crippen molar-refractivity contribution in [2.24, 2.45) is 0 Å². The zero-order valence-electron chi connectivity index (χ0n) is 14.4. The smallest absolute Gasteiger partial charge is 0.258 e. The molecule has 2 aromatic carbocycles. The van der Waals surface area contributed by atoms with Gasteiger partial charge in [0.05, 0.1) is 0 Å². The molecule has 3 aromatic rings. The van der Waals surface area contributed by atoms with Gasteiger partial charge in [-0.05, 0) is 54.4 Å². The molecule has 0 saturated heterocycles. The lowest BCUT2D eigenvalue weighted by atomic mass is 10.1. The molecule has 5 nitrogen and oxygen atoms in total. The number of hydrogen-bond donors (Lipinski definition) is 1. The second-order valence-corrected chi connectivity index (χ2v) is 6.25. The highest BCUT2D eigenvalue weighted by Gasteiger charge is 2.26. The maximum Gasteiger partial charge on any atom is 0.258 e. The number of nitrogens with zero attached hydrogens (tertiary/aromatic N) is 2. The Morgan fingerprint density at radius 3 is 2.59 bits per heavy atom. The molecule has 4 rings (SSSR count). The van der Waals surface area contributed by atoms with Gasteiger partial charge in [-0.25, -0.2) is 4.39 Å². The molecular weight excluding hydrogens is 345 g/mol. The number of rotatable bonds is 3. The van der Waals surface area contributed by atoms with Gasteiger partial charge in [0.15, 0.2) is 0 Å². The fraction of sp³-hybridized carbons (Fsp3) is 0.0952. The van der Waals surface area contributed by atoms with Crippen LogP contribution in [0.2, 0.25) is 0 Å². The topological polar surface area (TPSA) is 62.3 Å². The Morgan fingerprint density at radius 2 is 1.81 bits per heavy atom. The first-order valence-electron chi connectivity index (χ1n) is 8.53. The van der Waals surface area contributed by atoms with Gasteiger partial charge in [0.25, 0.3) is 11.8 Å². The summed E-state index contributed by atoms with van der Waals surface area (Å²) >= 11 is 0. The number of hydrogen-bond acceptors (Lipinski definition) is 3. The number of carbonyl (C=O) groups is 2. The van der Waals surface area contributed by atoms with Crippen LogP contribution in [-0.4, -0.2) is 23.3 Å². The van der Waals surface area contributed by atoms with Crippen LogP contribution in [0.4, 0.5) is 15.8 Å². The zero-order chi connectivity index (χ0) is 18.8. The van der Waals surface area contributed by atoms with Crippen LogP contribution in [0.25, 0.3) is 0 Å². The first-order valence-corrected chi connectivity index (χ1v) is 8.53. The second kappa shape index (κ2) is 6.99. The van der Waals surface area contributed by atoms with E-state index < -0.39 is 11.7 Å². The Bertz CT molecular complexity index is 1020. The van der Waals surface area contributed by atoms with Crippen LogP contribution in [0.15, 0.2) is 67.0 Å². The lowest BCUT2D eigenvalue weighted by Crippen LogP contribution is -2.28. The Kier molecular flexibility index (Phi) is 4.38. The molecule has 6 heteroatoms. The van der Waals surface area contributed by atoms with E-state index in [0.29, 0.717) is 17.8 Å². The maximum absolute atomic E-state index is 13.3. The summed E-state index contributed by atoms with van der Waals surface area (Å²) in [6.07, 6.45) is 3.92. The number of aromatic nitrogens is 1. The average molecular weight is 361 g/mol. The van der Waals surface area contributed by atoms with E-state index in [0.717, 1.165) is 17.7 Å². The predicted octanol–water partition coefficient (Wildman–Crippen LogP) is 3.68. The Hall–Kier alpha value is -3.54. The van der Waals surface area contributed by atoms with E-state index in [2.05, 4.69) is 10.3 Å². The van der Waals surface area contributed by atoms with Crippen molar-refractivity contribution >= 4 is 23.2 Å². The molecule has 1 aromatic heterocycles. The Labute approximate surface area is 155 Å². The molecule has 0 aliphatic carbocycles. The highest BCUT2D eigenvalue weighted by Crippen LogP contribution is 2.32. The second-order valence-electron chi connectivity index (χ2n) is 6.25. The number of amides is 2. The molecule has 0 spiro atoms. The van der Waals surface area contributed by atoms with Gasteiger partial charge in [0.1, 0.15) is 5.82 Å². The van der Waals surface area contributed by atoms with Crippen LogP contribution < -0.4 is 10.2 Å². The van der Waals surface area contributed by atoms with Crippen molar-refractivity contribution < 1.29 is 14.0 Å². The van der Waals surface area contributed by atoms with Crippen LogP contribution in [0.1, 0.15) is 26.3 Å². The maximum atomic E-state index is 13.3. The molecule has 0 radical (unpaired) electrons. The van der Waals surface area contributed by atoms with Crippen molar-refractivity contribution in [3.63, 3.8) is 0 Å². The average Bonchev–Trinajstić information content (AvgIpc) is 3.11. The number of benzene rings is 2. The van der Waals surface area contributed by atoms with Gasteiger partial charge in [-0.1, -0.05) is 12.1 Å². The van der Waals surface area contributed by atoms with Gasteiger partial charge < -0.3 is 10.2 Å². The predicted molar refractivity (Wildman–Crippen MR) is 100 cm³/mol. The number of nitrogens with one attached hydrogen (secondary N) is 1. The molecule has 27 heavy (non-hydrogen) atoms. The molecule has 0 fully saturated rings. The van der Waals surface area contributed by atoms with Gasteiger partial charge in [-0.15, -0.1) is 0 Å².